The lowest BCUT2D eigenvalue weighted by atomic mass is 10.2. The number of carbonyl (C=O) groups is 1. The van der Waals surface area contributed by atoms with Gasteiger partial charge in [-0.05, 0) is 19.1 Å². The average Bonchev–Trinajstić information content (AvgIpc) is 2.79. The number of hydrogen-bond acceptors (Lipinski definition) is 5. The van der Waals surface area contributed by atoms with Crippen LogP contribution in [-0.2, 0) is 16.6 Å². The first-order chi connectivity index (χ1) is 9.20. The van der Waals surface area contributed by atoms with Gasteiger partial charge in [-0.3, -0.25) is 9.67 Å². The third-order valence-corrected chi connectivity index (χ3v) is 2.46. The molecular formula is C13H15N3O3. The minimum Gasteiger partial charge on any atom is -0.465 e. The zero-order valence-corrected chi connectivity index (χ0v) is 10.9. The molecule has 100 valence electrons. The Morgan fingerprint density at radius 3 is 3.00 bits per heavy atom. The van der Waals surface area contributed by atoms with E-state index in [1.807, 2.05) is 12.1 Å². The van der Waals surface area contributed by atoms with Crippen molar-refractivity contribution < 1.29 is 14.3 Å². The lowest BCUT2D eigenvalue weighted by Gasteiger charge is -2.01. The van der Waals surface area contributed by atoms with E-state index >= 15 is 0 Å². The van der Waals surface area contributed by atoms with Crippen LogP contribution in [0.1, 0.15) is 6.92 Å². The zero-order chi connectivity index (χ0) is 13.7. The van der Waals surface area contributed by atoms with Crippen LogP contribution in [0.3, 0.4) is 0 Å². The second-order valence-electron chi connectivity index (χ2n) is 3.83. The van der Waals surface area contributed by atoms with Gasteiger partial charge in [0.2, 0.25) is 5.88 Å². The molecule has 6 nitrogen and oxygen atoms in total. The summed E-state index contributed by atoms with van der Waals surface area (Å²) in [6.07, 6.45) is 3.45. The first-order valence-electron chi connectivity index (χ1n) is 5.93. The Bertz CT molecular complexity index is 552. The third kappa shape index (κ3) is 3.31. The van der Waals surface area contributed by atoms with Crippen LogP contribution in [0, 0.1) is 0 Å². The Kier molecular flexibility index (Phi) is 4.12. The van der Waals surface area contributed by atoms with Gasteiger partial charge in [-0.2, -0.15) is 0 Å². The zero-order valence-electron chi connectivity index (χ0n) is 10.9. The minimum absolute atomic E-state index is 0.142. The summed E-state index contributed by atoms with van der Waals surface area (Å²) < 4.78 is 11.7. The van der Waals surface area contributed by atoms with E-state index in [1.165, 1.54) is 0 Å². The monoisotopic (exact) mass is 261 g/mol. The lowest BCUT2D eigenvalue weighted by Crippen LogP contribution is -2.14. The molecule has 2 rings (SSSR count). The summed E-state index contributed by atoms with van der Waals surface area (Å²) in [6.45, 7) is 1.95. The first kappa shape index (κ1) is 13.1. The van der Waals surface area contributed by atoms with Crippen molar-refractivity contribution in [3.63, 3.8) is 0 Å². The van der Waals surface area contributed by atoms with Gasteiger partial charge in [0.15, 0.2) is 6.61 Å². The fraction of sp³-hybridized carbons (Fsp3) is 0.308. The van der Waals surface area contributed by atoms with Crippen molar-refractivity contribution in [2.45, 2.75) is 6.92 Å². The number of rotatable bonds is 5. The predicted molar refractivity (Wildman–Crippen MR) is 68.6 cm³/mol. The number of hydrogen-bond donors (Lipinski definition) is 0. The molecule has 0 aliphatic carbocycles. The Labute approximate surface area is 111 Å². The quantitative estimate of drug-likeness (QED) is 0.762. The highest BCUT2D eigenvalue weighted by molar-refractivity contribution is 5.71. The Morgan fingerprint density at radius 2 is 2.32 bits per heavy atom. The molecule has 2 aromatic heterocycles. The molecule has 0 saturated carbocycles. The number of pyridine rings is 1. The fourth-order valence-electron chi connectivity index (χ4n) is 1.63. The molecule has 0 bridgehead atoms. The molecule has 0 aromatic carbocycles. The number of ether oxygens (including phenoxy) is 2. The number of esters is 1. The van der Waals surface area contributed by atoms with Crippen molar-refractivity contribution in [2.24, 2.45) is 7.05 Å². The maximum absolute atomic E-state index is 11.2. The highest BCUT2D eigenvalue weighted by Crippen LogP contribution is 2.21. The van der Waals surface area contributed by atoms with Gasteiger partial charge < -0.3 is 9.47 Å². The van der Waals surface area contributed by atoms with Crippen molar-refractivity contribution in [1.82, 2.24) is 14.8 Å². The maximum Gasteiger partial charge on any atom is 0.344 e. The number of carbonyl (C=O) groups excluding carboxylic acids is 1. The van der Waals surface area contributed by atoms with Crippen LogP contribution in [0.2, 0.25) is 0 Å². The van der Waals surface area contributed by atoms with Gasteiger partial charge in [-0.25, -0.2) is 4.79 Å². The first-order valence-corrected chi connectivity index (χ1v) is 5.93. The van der Waals surface area contributed by atoms with E-state index < -0.39 is 5.97 Å². The van der Waals surface area contributed by atoms with Gasteiger partial charge in [0.1, 0.15) is 0 Å². The maximum atomic E-state index is 11.2. The standard InChI is InChI=1S/C13H15N3O3/c1-3-18-13(17)9-19-12-7-11(16(2)15-12)10-5-4-6-14-8-10/h4-8H,3,9H2,1-2H3. The number of aryl methyl sites for hydroxylation is 1. The molecule has 2 heterocycles. The van der Waals surface area contributed by atoms with Crippen LogP contribution in [0.4, 0.5) is 0 Å². The van der Waals surface area contributed by atoms with Crippen molar-refractivity contribution in [3.05, 3.63) is 30.6 Å². The van der Waals surface area contributed by atoms with Gasteiger partial charge in [-0.1, -0.05) is 0 Å². The van der Waals surface area contributed by atoms with Gasteiger partial charge in [0.05, 0.1) is 12.3 Å². The molecule has 0 atom stereocenters. The van der Waals surface area contributed by atoms with Crippen molar-refractivity contribution in [3.8, 4) is 17.1 Å². The molecule has 0 fully saturated rings. The van der Waals surface area contributed by atoms with Gasteiger partial charge in [0, 0.05) is 31.1 Å². The largest absolute Gasteiger partial charge is 0.465 e. The second kappa shape index (κ2) is 5.99. The number of nitrogens with zero attached hydrogens (tertiary/aromatic N) is 3. The van der Waals surface area contributed by atoms with Crippen LogP contribution in [-0.4, -0.2) is 33.9 Å². The normalized spacial score (nSPS) is 10.2. The fourth-order valence-corrected chi connectivity index (χ4v) is 1.63. The van der Waals surface area contributed by atoms with Gasteiger partial charge >= 0.3 is 5.97 Å². The Hall–Kier alpha value is -2.37. The summed E-state index contributed by atoms with van der Waals surface area (Å²) in [7, 11) is 1.81. The Morgan fingerprint density at radius 1 is 1.47 bits per heavy atom. The predicted octanol–water partition coefficient (Wildman–Crippen LogP) is 1.42. The third-order valence-electron chi connectivity index (χ3n) is 2.46. The van der Waals surface area contributed by atoms with Gasteiger partial charge in [0.25, 0.3) is 0 Å². The number of aromatic nitrogens is 3. The van der Waals surface area contributed by atoms with E-state index in [9.17, 15) is 4.79 Å². The molecule has 6 heteroatoms. The molecule has 2 aromatic rings. The smallest absolute Gasteiger partial charge is 0.344 e. The molecule has 0 spiro atoms. The summed E-state index contributed by atoms with van der Waals surface area (Å²) in [4.78, 5) is 15.2. The molecular weight excluding hydrogens is 246 g/mol. The SMILES string of the molecule is CCOC(=O)COc1cc(-c2cccnc2)n(C)n1. The molecule has 0 saturated heterocycles. The van der Waals surface area contributed by atoms with E-state index in [1.54, 1.807) is 37.1 Å². The Balaban J connectivity index is 2.07. The summed E-state index contributed by atoms with van der Waals surface area (Å²) in [6, 6.07) is 5.54. The molecule has 0 radical (unpaired) electrons. The molecule has 0 aliphatic heterocycles. The summed E-state index contributed by atoms with van der Waals surface area (Å²) >= 11 is 0. The summed E-state index contributed by atoms with van der Waals surface area (Å²) in [5, 5.41) is 4.18. The summed E-state index contributed by atoms with van der Waals surface area (Å²) in [5.41, 5.74) is 1.80. The van der Waals surface area contributed by atoms with Crippen molar-refractivity contribution >= 4 is 5.97 Å². The van der Waals surface area contributed by atoms with E-state index in [0.29, 0.717) is 12.5 Å². The molecule has 0 amide bonds. The molecule has 0 aliphatic rings. The van der Waals surface area contributed by atoms with Crippen LogP contribution < -0.4 is 4.74 Å². The van der Waals surface area contributed by atoms with E-state index in [-0.39, 0.29) is 6.61 Å². The van der Waals surface area contributed by atoms with E-state index in [2.05, 4.69) is 10.1 Å². The van der Waals surface area contributed by atoms with Crippen molar-refractivity contribution in [2.75, 3.05) is 13.2 Å². The van der Waals surface area contributed by atoms with E-state index in [0.717, 1.165) is 11.3 Å². The molecule has 0 N–H and O–H groups in total. The lowest BCUT2D eigenvalue weighted by molar-refractivity contribution is -0.145. The highest BCUT2D eigenvalue weighted by atomic mass is 16.6. The van der Waals surface area contributed by atoms with Crippen molar-refractivity contribution in [1.29, 1.82) is 0 Å². The average molecular weight is 261 g/mol. The topological polar surface area (TPSA) is 66.2 Å². The minimum atomic E-state index is -0.406. The van der Waals surface area contributed by atoms with Crippen LogP contribution >= 0.6 is 0 Å². The summed E-state index contributed by atoms with van der Waals surface area (Å²) in [5.74, 6) is -0.0227. The van der Waals surface area contributed by atoms with Crippen LogP contribution in [0.15, 0.2) is 30.6 Å². The second-order valence-corrected chi connectivity index (χ2v) is 3.83. The molecule has 0 unspecified atom stereocenters. The van der Waals surface area contributed by atoms with Crippen LogP contribution in [0.5, 0.6) is 5.88 Å². The van der Waals surface area contributed by atoms with E-state index in [4.69, 9.17) is 9.47 Å². The van der Waals surface area contributed by atoms with Gasteiger partial charge in [-0.15, -0.1) is 5.10 Å². The highest BCUT2D eigenvalue weighted by Gasteiger charge is 2.10. The van der Waals surface area contributed by atoms with Crippen LogP contribution in [0.25, 0.3) is 11.3 Å². The molecule has 19 heavy (non-hydrogen) atoms.